The number of hydrogen-bond acceptors (Lipinski definition) is 8. The summed E-state index contributed by atoms with van der Waals surface area (Å²) >= 11 is 0. The van der Waals surface area contributed by atoms with Gasteiger partial charge in [0.2, 0.25) is 0 Å². The molecule has 0 N–H and O–H groups in total. The van der Waals surface area contributed by atoms with Crippen LogP contribution in [0.5, 0.6) is 11.5 Å². The van der Waals surface area contributed by atoms with Gasteiger partial charge in [-0.2, -0.15) is 0 Å². The van der Waals surface area contributed by atoms with Crippen molar-refractivity contribution in [3.8, 4) is 11.5 Å². The van der Waals surface area contributed by atoms with E-state index in [-0.39, 0.29) is 25.7 Å². The number of hydrogen-bond donors (Lipinski definition) is 0. The van der Waals surface area contributed by atoms with Crippen molar-refractivity contribution in [3.63, 3.8) is 0 Å². The van der Waals surface area contributed by atoms with Gasteiger partial charge in [0.25, 0.3) is 0 Å². The summed E-state index contributed by atoms with van der Waals surface area (Å²) in [6, 6.07) is 14.2. The average Bonchev–Trinajstić information content (AvgIpc) is 2.88. The zero-order valence-electron chi connectivity index (χ0n) is 19.7. The van der Waals surface area contributed by atoms with E-state index in [2.05, 4.69) is 0 Å². The summed E-state index contributed by atoms with van der Waals surface area (Å²) in [5.41, 5.74) is 0.248. The zero-order chi connectivity index (χ0) is 25.1. The molecule has 2 aromatic carbocycles. The van der Waals surface area contributed by atoms with Crippen LogP contribution in [0, 0.1) is 0 Å². The second-order valence-electron chi connectivity index (χ2n) is 7.20. The third kappa shape index (κ3) is 6.54. The third-order valence-corrected chi connectivity index (χ3v) is 5.21. The lowest BCUT2D eigenvalue weighted by atomic mass is 9.93. The lowest BCUT2D eigenvalue weighted by Gasteiger charge is -2.13. The number of benzene rings is 2. The Labute approximate surface area is 198 Å². The van der Waals surface area contributed by atoms with Crippen LogP contribution in [0.1, 0.15) is 24.0 Å². The number of rotatable bonds is 12. The summed E-state index contributed by atoms with van der Waals surface area (Å²) in [7, 11) is 5.17. The van der Waals surface area contributed by atoms with Gasteiger partial charge >= 0.3 is 11.9 Å². The Hall–Kier alpha value is -3.94. The third-order valence-electron chi connectivity index (χ3n) is 5.21. The molecule has 8 heteroatoms. The van der Waals surface area contributed by atoms with Crippen LogP contribution in [0.3, 0.4) is 0 Å². The van der Waals surface area contributed by atoms with E-state index in [0.717, 1.165) is 25.3 Å². The number of carbonyl (C=O) groups excluding carboxylic acids is 4. The minimum Gasteiger partial charge on any atom is -0.496 e. The molecule has 0 heterocycles. The van der Waals surface area contributed by atoms with E-state index in [9.17, 15) is 19.2 Å². The SMILES string of the molecule is COC(=O)/C(C(=O)CCc1ccccc1OC)=C(\C(=O)CCc1ccccc1OC)C(=O)OC. The summed E-state index contributed by atoms with van der Waals surface area (Å²) in [5.74, 6) is -2.39. The van der Waals surface area contributed by atoms with Crippen molar-refractivity contribution >= 4 is 23.5 Å². The zero-order valence-corrected chi connectivity index (χ0v) is 19.7. The number of esters is 2. The van der Waals surface area contributed by atoms with Crippen LogP contribution < -0.4 is 9.47 Å². The van der Waals surface area contributed by atoms with Crippen molar-refractivity contribution in [1.82, 2.24) is 0 Å². The fraction of sp³-hybridized carbons (Fsp3) is 0.308. The van der Waals surface area contributed by atoms with Gasteiger partial charge in [-0.3, -0.25) is 9.59 Å². The van der Waals surface area contributed by atoms with E-state index in [4.69, 9.17) is 18.9 Å². The van der Waals surface area contributed by atoms with E-state index in [1.54, 1.807) is 48.5 Å². The van der Waals surface area contributed by atoms with Gasteiger partial charge in [0.05, 0.1) is 28.4 Å². The fourth-order valence-corrected chi connectivity index (χ4v) is 3.48. The first-order valence-electron chi connectivity index (χ1n) is 10.6. The molecule has 180 valence electrons. The Morgan fingerprint density at radius 1 is 0.588 bits per heavy atom. The molecule has 34 heavy (non-hydrogen) atoms. The quantitative estimate of drug-likeness (QED) is 0.203. The molecule has 0 fully saturated rings. The van der Waals surface area contributed by atoms with Crippen LogP contribution in [0.15, 0.2) is 59.7 Å². The summed E-state index contributed by atoms with van der Waals surface area (Å²) in [6.45, 7) is 0. The number of ketones is 2. The first-order valence-corrected chi connectivity index (χ1v) is 10.6. The van der Waals surface area contributed by atoms with Gasteiger partial charge in [0.1, 0.15) is 22.6 Å². The molecule has 2 aromatic rings. The Kier molecular flexibility index (Phi) is 10.0. The highest BCUT2D eigenvalue weighted by Gasteiger charge is 2.32. The summed E-state index contributed by atoms with van der Waals surface area (Å²) in [6.07, 6.45) is 0.163. The van der Waals surface area contributed by atoms with Gasteiger partial charge in [-0.1, -0.05) is 36.4 Å². The molecule has 0 aliphatic heterocycles. The summed E-state index contributed by atoms with van der Waals surface area (Å²) < 4.78 is 20.0. The molecular weight excluding hydrogens is 440 g/mol. The molecule has 0 amide bonds. The normalized spacial score (nSPS) is 11.2. The minimum absolute atomic E-state index is 0.148. The highest BCUT2D eigenvalue weighted by Crippen LogP contribution is 2.23. The van der Waals surface area contributed by atoms with Gasteiger partial charge in [-0.25, -0.2) is 9.59 Å². The maximum absolute atomic E-state index is 13.1. The van der Waals surface area contributed by atoms with Crippen molar-refractivity contribution in [1.29, 1.82) is 0 Å². The van der Waals surface area contributed by atoms with Crippen LogP contribution >= 0.6 is 0 Å². The van der Waals surface area contributed by atoms with E-state index in [1.165, 1.54) is 14.2 Å². The topological polar surface area (TPSA) is 105 Å². The van der Waals surface area contributed by atoms with Gasteiger partial charge in [0.15, 0.2) is 11.6 Å². The van der Waals surface area contributed by atoms with Crippen LogP contribution in [0.4, 0.5) is 0 Å². The Balaban J connectivity index is 2.36. The molecule has 8 nitrogen and oxygen atoms in total. The molecule has 0 spiro atoms. The molecule has 0 aromatic heterocycles. The summed E-state index contributed by atoms with van der Waals surface area (Å²) in [5, 5.41) is 0. The van der Waals surface area contributed by atoms with Crippen molar-refractivity contribution in [2.24, 2.45) is 0 Å². The van der Waals surface area contributed by atoms with Crippen LogP contribution in [0.2, 0.25) is 0 Å². The molecular formula is C26H28O8. The molecule has 0 unspecified atom stereocenters. The van der Waals surface area contributed by atoms with Gasteiger partial charge in [-0.05, 0) is 36.1 Å². The van der Waals surface area contributed by atoms with E-state index in [0.29, 0.717) is 11.5 Å². The molecule has 0 saturated carbocycles. The largest absolute Gasteiger partial charge is 0.496 e. The number of aryl methyl sites for hydroxylation is 2. The van der Waals surface area contributed by atoms with E-state index in [1.807, 2.05) is 0 Å². The van der Waals surface area contributed by atoms with Crippen molar-refractivity contribution in [3.05, 3.63) is 70.8 Å². The summed E-state index contributed by atoms with van der Waals surface area (Å²) in [4.78, 5) is 51.2. The standard InChI is InChI=1S/C26H28O8/c1-31-21-11-7-5-9-17(21)13-15-19(27)23(25(29)33-3)24(26(30)34-4)20(28)16-14-18-10-6-8-12-22(18)32-2/h5-12H,13-16H2,1-4H3/b24-23+. The molecule has 2 rings (SSSR count). The van der Waals surface area contributed by atoms with Crippen LogP contribution in [-0.4, -0.2) is 51.9 Å². The van der Waals surface area contributed by atoms with Crippen LogP contribution in [0.25, 0.3) is 0 Å². The maximum Gasteiger partial charge on any atom is 0.342 e. The van der Waals surface area contributed by atoms with Gasteiger partial charge in [-0.15, -0.1) is 0 Å². The highest BCUT2D eigenvalue weighted by atomic mass is 16.5. The predicted molar refractivity (Wildman–Crippen MR) is 124 cm³/mol. The predicted octanol–water partition coefficient (Wildman–Crippen LogP) is 3.05. The van der Waals surface area contributed by atoms with Crippen molar-refractivity contribution in [2.45, 2.75) is 25.7 Å². The maximum atomic E-state index is 13.1. The lowest BCUT2D eigenvalue weighted by Crippen LogP contribution is -2.26. The number of ether oxygens (including phenoxy) is 4. The number of para-hydroxylation sites is 2. The molecule has 0 atom stereocenters. The second kappa shape index (κ2) is 12.9. The van der Waals surface area contributed by atoms with Crippen molar-refractivity contribution < 1.29 is 38.1 Å². The van der Waals surface area contributed by atoms with Gasteiger partial charge in [0, 0.05) is 12.8 Å². The molecule has 0 saturated heterocycles. The van der Waals surface area contributed by atoms with E-state index >= 15 is 0 Å². The van der Waals surface area contributed by atoms with E-state index < -0.39 is 34.7 Å². The molecule has 0 aliphatic rings. The number of methoxy groups -OCH3 is 4. The van der Waals surface area contributed by atoms with Crippen molar-refractivity contribution in [2.75, 3.05) is 28.4 Å². The highest BCUT2D eigenvalue weighted by molar-refractivity contribution is 6.30. The first kappa shape index (κ1) is 26.3. The Bertz CT molecular complexity index is 998. The Morgan fingerprint density at radius 2 is 0.941 bits per heavy atom. The molecule has 0 aliphatic carbocycles. The average molecular weight is 469 g/mol. The second-order valence-corrected chi connectivity index (χ2v) is 7.20. The minimum atomic E-state index is -1.07. The molecule has 0 bridgehead atoms. The number of Topliss-reactive ketones (excluding diaryl/α,β-unsaturated/α-hetero) is 2. The number of carbonyl (C=O) groups is 4. The van der Waals surface area contributed by atoms with Crippen LogP contribution in [-0.2, 0) is 41.5 Å². The Morgan fingerprint density at radius 3 is 1.26 bits per heavy atom. The monoisotopic (exact) mass is 468 g/mol. The lowest BCUT2D eigenvalue weighted by molar-refractivity contribution is -0.142. The smallest absolute Gasteiger partial charge is 0.342 e. The molecule has 0 radical (unpaired) electrons. The first-order chi connectivity index (χ1) is 16.4. The fourth-order valence-electron chi connectivity index (χ4n) is 3.48. The van der Waals surface area contributed by atoms with Gasteiger partial charge < -0.3 is 18.9 Å².